The number of aromatic carboxylic acids is 1. The number of nitrogens with one attached hydrogen (secondary N) is 1. The Kier molecular flexibility index (Phi) is 6.24. The summed E-state index contributed by atoms with van der Waals surface area (Å²) >= 11 is 11.7. The van der Waals surface area contributed by atoms with Gasteiger partial charge in [-0.15, -0.1) is 0 Å². The fourth-order valence-electron chi connectivity index (χ4n) is 3.57. The van der Waals surface area contributed by atoms with Crippen LogP contribution < -0.4 is 20.8 Å². The van der Waals surface area contributed by atoms with Crippen LogP contribution in [0, 0.1) is 0 Å². The summed E-state index contributed by atoms with van der Waals surface area (Å²) in [5.41, 5.74) is 0.111. The van der Waals surface area contributed by atoms with E-state index in [0.717, 1.165) is 5.69 Å². The minimum Gasteiger partial charge on any atom is -0.545 e. The molecule has 1 aromatic carbocycles. The van der Waals surface area contributed by atoms with Gasteiger partial charge in [0.25, 0.3) is 0 Å². The van der Waals surface area contributed by atoms with Gasteiger partial charge in [-0.05, 0) is 31.3 Å². The maximum Gasteiger partial charge on any atom is 0.227 e. The molecule has 32 heavy (non-hydrogen) atoms. The van der Waals surface area contributed by atoms with Gasteiger partial charge in [0.05, 0.1) is 27.6 Å². The zero-order valence-corrected chi connectivity index (χ0v) is 18.8. The topological polar surface area (TPSA) is 106 Å². The van der Waals surface area contributed by atoms with E-state index in [1.54, 1.807) is 10.6 Å². The van der Waals surface area contributed by atoms with Crippen molar-refractivity contribution in [1.82, 2.24) is 19.4 Å². The maximum atomic E-state index is 12.5. The van der Waals surface area contributed by atoms with Gasteiger partial charge in [-0.25, -0.2) is 4.98 Å². The van der Waals surface area contributed by atoms with Crippen LogP contribution in [0.4, 0.5) is 11.6 Å². The van der Waals surface area contributed by atoms with E-state index in [1.807, 2.05) is 34.9 Å². The highest BCUT2D eigenvalue weighted by Gasteiger charge is 2.22. The molecular weight excluding hydrogens is 452 g/mol. The zero-order chi connectivity index (χ0) is 22.8. The average molecular weight is 472 g/mol. The number of hydrogen-bond donors (Lipinski definition) is 1. The van der Waals surface area contributed by atoms with Crippen molar-refractivity contribution in [2.45, 2.75) is 13.5 Å². The molecule has 0 spiro atoms. The summed E-state index contributed by atoms with van der Waals surface area (Å²) in [5, 5.41) is 15.8. The van der Waals surface area contributed by atoms with E-state index < -0.39 is 17.0 Å². The van der Waals surface area contributed by atoms with Crippen LogP contribution in [-0.2, 0) is 6.54 Å². The van der Waals surface area contributed by atoms with Crippen molar-refractivity contribution in [3.05, 3.63) is 57.5 Å². The summed E-state index contributed by atoms with van der Waals surface area (Å²) in [6, 6.07) is 7.41. The van der Waals surface area contributed by atoms with Crippen molar-refractivity contribution in [1.29, 1.82) is 0 Å². The Hall–Kier alpha value is -3.24. The summed E-state index contributed by atoms with van der Waals surface area (Å²) < 4.78 is 1.62. The number of aryl methyl sites for hydroxylation is 1. The van der Waals surface area contributed by atoms with Crippen LogP contribution in [0.5, 0.6) is 0 Å². The summed E-state index contributed by atoms with van der Waals surface area (Å²) in [4.78, 5) is 36.7. The molecule has 1 aliphatic rings. The maximum absolute atomic E-state index is 12.5. The highest BCUT2D eigenvalue weighted by atomic mass is 35.5. The highest BCUT2D eigenvalue weighted by Crippen LogP contribution is 2.21. The number of carbonyl (C=O) groups is 1. The number of benzene rings is 1. The zero-order valence-electron chi connectivity index (χ0n) is 17.2. The molecular formula is C21H20ClN6O3S-. The lowest BCUT2D eigenvalue weighted by Gasteiger charge is -2.36. The van der Waals surface area contributed by atoms with E-state index in [9.17, 15) is 14.7 Å². The molecule has 3 heterocycles. The molecule has 11 heteroatoms. The number of nitrogens with zero attached hydrogens (tertiary/aromatic N) is 5. The third kappa shape index (κ3) is 4.23. The minimum atomic E-state index is -1.51. The fourth-order valence-corrected chi connectivity index (χ4v) is 4.04. The van der Waals surface area contributed by atoms with E-state index in [2.05, 4.69) is 15.3 Å². The lowest BCUT2D eigenvalue weighted by molar-refractivity contribution is -0.255. The first-order valence-corrected chi connectivity index (χ1v) is 10.8. The average Bonchev–Trinajstić information content (AvgIpc) is 2.80. The molecule has 4 rings (SSSR count). The van der Waals surface area contributed by atoms with E-state index in [4.69, 9.17) is 23.8 Å². The standard InChI is InChI=1S/C21H21ClN6O3S/c1-2-26-12-14(19(30)31)17(29)13-11-23-20(25-18(13)26)27-7-9-28(10-8-27)21(32)24-16-6-4-3-5-15(16)22/h3-6,11-12H,2,7-10H2,1H3,(H,24,32)(H,30,31)/p-1. The number of hydrogen-bond acceptors (Lipinski definition) is 7. The summed E-state index contributed by atoms with van der Waals surface area (Å²) in [7, 11) is 0. The normalized spacial score (nSPS) is 13.9. The second-order valence-corrected chi connectivity index (χ2v) is 8.03. The number of thiocarbonyl (C=S) groups is 1. The summed E-state index contributed by atoms with van der Waals surface area (Å²) in [6.45, 7) is 4.86. The van der Waals surface area contributed by atoms with Crippen LogP contribution in [0.1, 0.15) is 17.3 Å². The molecule has 1 fully saturated rings. The molecule has 1 saturated heterocycles. The second kappa shape index (κ2) is 9.09. The minimum absolute atomic E-state index is 0.154. The predicted molar refractivity (Wildman–Crippen MR) is 125 cm³/mol. The molecule has 3 aromatic rings. The van der Waals surface area contributed by atoms with Gasteiger partial charge in [-0.3, -0.25) is 4.79 Å². The van der Waals surface area contributed by atoms with Gasteiger partial charge in [-0.2, -0.15) is 4.98 Å². The van der Waals surface area contributed by atoms with Gasteiger partial charge < -0.3 is 29.6 Å². The molecule has 0 amide bonds. The molecule has 166 valence electrons. The molecule has 0 unspecified atom stereocenters. The summed E-state index contributed by atoms with van der Waals surface area (Å²) in [5.74, 6) is -1.04. The van der Waals surface area contributed by atoms with Gasteiger partial charge >= 0.3 is 0 Å². The van der Waals surface area contributed by atoms with E-state index in [0.29, 0.717) is 54.5 Å². The lowest BCUT2D eigenvalue weighted by atomic mass is 10.2. The molecule has 1 aliphatic heterocycles. The van der Waals surface area contributed by atoms with Crippen molar-refractivity contribution in [3.8, 4) is 0 Å². The van der Waals surface area contributed by atoms with Crippen LogP contribution in [0.2, 0.25) is 5.02 Å². The Morgan fingerprint density at radius 3 is 2.62 bits per heavy atom. The molecule has 0 bridgehead atoms. The van der Waals surface area contributed by atoms with Crippen LogP contribution in [-0.4, -0.2) is 56.7 Å². The van der Waals surface area contributed by atoms with Gasteiger partial charge in [0.15, 0.2) is 5.11 Å². The molecule has 1 N–H and O–H groups in total. The monoisotopic (exact) mass is 471 g/mol. The predicted octanol–water partition coefficient (Wildman–Crippen LogP) is 1.35. The smallest absolute Gasteiger partial charge is 0.227 e. The summed E-state index contributed by atoms with van der Waals surface area (Å²) in [6.07, 6.45) is 2.65. The number of pyridine rings is 1. The van der Waals surface area contributed by atoms with Crippen LogP contribution in [0.3, 0.4) is 0 Å². The van der Waals surface area contributed by atoms with Crippen molar-refractivity contribution >= 4 is 57.6 Å². The Morgan fingerprint density at radius 2 is 1.97 bits per heavy atom. The first kappa shape index (κ1) is 22.0. The number of carboxylic acids is 1. The Balaban J connectivity index is 1.51. The molecule has 0 saturated carbocycles. The first-order valence-electron chi connectivity index (χ1n) is 10.1. The Labute approximate surface area is 194 Å². The van der Waals surface area contributed by atoms with Gasteiger partial charge in [-0.1, -0.05) is 23.7 Å². The molecule has 0 aliphatic carbocycles. The van der Waals surface area contributed by atoms with Crippen molar-refractivity contribution in [2.24, 2.45) is 0 Å². The fraction of sp³-hybridized carbons (Fsp3) is 0.286. The number of para-hydroxylation sites is 1. The number of halogens is 1. The van der Waals surface area contributed by atoms with Gasteiger partial charge in [0.2, 0.25) is 11.4 Å². The Morgan fingerprint density at radius 1 is 1.25 bits per heavy atom. The molecule has 9 nitrogen and oxygen atoms in total. The highest BCUT2D eigenvalue weighted by molar-refractivity contribution is 7.80. The van der Waals surface area contributed by atoms with E-state index >= 15 is 0 Å². The third-order valence-corrected chi connectivity index (χ3v) is 6.02. The third-order valence-electron chi connectivity index (χ3n) is 5.33. The van der Waals surface area contributed by atoms with Crippen LogP contribution in [0.25, 0.3) is 11.0 Å². The largest absolute Gasteiger partial charge is 0.545 e. The van der Waals surface area contributed by atoms with Crippen molar-refractivity contribution in [3.63, 3.8) is 0 Å². The number of carboxylic acid groups (broad SMARTS) is 1. The Bertz CT molecular complexity index is 1260. The second-order valence-electron chi connectivity index (χ2n) is 7.24. The van der Waals surface area contributed by atoms with E-state index in [1.165, 1.54) is 12.4 Å². The number of anilines is 2. The lowest BCUT2D eigenvalue weighted by Crippen LogP contribution is -2.50. The first-order chi connectivity index (χ1) is 15.4. The number of fused-ring (bicyclic) bond motifs is 1. The molecule has 0 radical (unpaired) electrons. The van der Waals surface area contributed by atoms with E-state index in [-0.39, 0.29) is 5.39 Å². The molecule has 2 aromatic heterocycles. The van der Waals surface area contributed by atoms with Gasteiger partial charge in [0, 0.05) is 45.1 Å². The van der Waals surface area contributed by atoms with Crippen molar-refractivity contribution in [2.75, 3.05) is 36.4 Å². The molecule has 0 atom stereocenters. The quantitative estimate of drug-likeness (QED) is 0.564. The number of carbonyl (C=O) groups excluding carboxylic acids is 1. The van der Waals surface area contributed by atoms with Crippen molar-refractivity contribution < 1.29 is 9.90 Å². The van der Waals surface area contributed by atoms with Crippen LogP contribution in [0.15, 0.2) is 41.5 Å². The van der Waals surface area contributed by atoms with Crippen LogP contribution >= 0.6 is 23.8 Å². The number of piperazine rings is 1. The van der Waals surface area contributed by atoms with Gasteiger partial charge in [0.1, 0.15) is 5.65 Å². The number of rotatable bonds is 4. The number of aromatic nitrogens is 3. The SMILES string of the molecule is CCn1cc(C(=O)[O-])c(=O)c2cnc(N3CCN(C(=S)Nc4ccccc4Cl)CC3)nc21.